The van der Waals surface area contributed by atoms with Crippen molar-refractivity contribution in [1.82, 2.24) is 0 Å². The molecular formula is C28H36O6S2. The molecule has 2 aromatic carbocycles. The molecule has 4 rings (SSSR count). The first kappa shape index (κ1) is 32.9. The molecule has 196 valence electrons. The van der Waals surface area contributed by atoms with Gasteiger partial charge < -0.3 is 14.9 Å². The molecule has 6 nitrogen and oxygen atoms in total. The summed E-state index contributed by atoms with van der Waals surface area (Å²) in [5, 5.41) is 19.6. The first-order valence-electron chi connectivity index (χ1n) is 12.0. The van der Waals surface area contributed by atoms with Gasteiger partial charge in [0.1, 0.15) is 16.0 Å². The predicted molar refractivity (Wildman–Crippen MR) is 152 cm³/mol. The Balaban J connectivity index is 0.000000567. The minimum Gasteiger partial charge on any atom is -0.477 e. The maximum absolute atomic E-state index is 11.5. The van der Waals surface area contributed by atoms with Crippen LogP contribution in [0.2, 0.25) is 0 Å². The second-order valence-corrected chi connectivity index (χ2v) is 8.36. The Bertz CT molecular complexity index is 1220. The van der Waals surface area contributed by atoms with Gasteiger partial charge in [0.05, 0.1) is 13.2 Å². The van der Waals surface area contributed by atoms with Gasteiger partial charge in [0.25, 0.3) is 0 Å². The number of rotatable bonds is 5. The summed E-state index contributed by atoms with van der Waals surface area (Å²) in [6.45, 7) is 14.2. The van der Waals surface area contributed by atoms with Crippen LogP contribution in [0.5, 0.6) is 0 Å². The molecule has 0 aliphatic carbocycles. The van der Waals surface area contributed by atoms with Crippen LogP contribution in [0.4, 0.5) is 0 Å². The number of fused-ring (bicyclic) bond motifs is 2. The average Bonchev–Trinajstić information content (AvgIpc) is 3.56. The lowest BCUT2D eigenvalue weighted by Crippen LogP contribution is -2.01. The highest BCUT2D eigenvalue weighted by molar-refractivity contribution is 7.21. The van der Waals surface area contributed by atoms with E-state index in [0.29, 0.717) is 21.9 Å². The number of aliphatic hydroxyl groups excluding tert-OH is 1. The van der Waals surface area contributed by atoms with E-state index in [1.807, 2.05) is 65.8 Å². The van der Waals surface area contributed by atoms with Crippen molar-refractivity contribution in [1.29, 1.82) is 0 Å². The highest BCUT2D eigenvalue weighted by Gasteiger charge is 2.11. The number of carbonyl (C=O) groups excluding carboxylic acids is 2. The van der Waals surface area contributed by atoms with Crippen molar-refractivity contribution in [2.75, 3.05) is 6.61 Å². The zero-order valence-electron chi connectivity index (χ0n) is 22.0. The van der Waals surface area contributed by atoms with Gasteiger partial charge in [0.15, 0.2) is 0 Å². The smallest absolute Gasteiger partial charge is 0.348 e. The number of aromatic carboxylic acids is 1. The molecular weight excluding hydrogens is 496 g/mol. The highest BCUT2D eigenvalue weighted by Crippen LogP contribution is 2.27. The number of ether oxygens (including phenoxy) is 1. The van der Waals surface area contributed by atoms with Crippen LogP contribution < -0.4 is 0 Å². The zero-order chi connectivity index (χ0) is 27.7. The lowest BCUT2D eigenvalue weighted by atomic mass is 10.2. The molecule has 2 N–H and O–H groups in total. The number of carboxylic acid groups (broad SMARTS) is 1. The Morgan fingerprint density at radius 1 is 0.833 bits per heavy atom. The van der Waals surface area contributed by atoms with Crippen LogP contribution in [-0.4, -0.2) is 35.0 Å². The molecule has 0 aliphatic heterocycles. The van der Waals surface area contributed by atoms with Crippen molar-refractivity contribution in [2.45, 2.75) is 55.1 Å². The molecule has 0 unspecified atom stereocenters. The summed E-state index contributed by atoms with van der Waals surface area (Å²) < 4.78 is 6.76. The molecule has 2 heterocycles. The number of aldehydes is 1. The van der Waals surface area contributed by atoms with Gasteiger partial charge in [-0.15, -0.1) is 22.7 Å². The molecule has 0 bridgehead atoms. The second kappa shape index (κ2) is 18.2. The summed E-state index contributed by atoms with van der Waals surface area (Å²) in [5.41, 5.74) is 1.42. The Kier molecular flexibility index (Phi) is 16.7. The quantitative estimate of drug-likeness (QED) is 0.199. The standard InChI is InChI=1S/C12H12O3S.C10H6O3S.3C2H6/c1-2-15-12(14)11-6-9-4-3-8(7-13)5-10(9)16-11;11-5-6-1-2-7-4-9(10(12)13)14-8(7)3-6;3*1-2/h3-6,13H,2,7H2,1H3;1-5H,(H,12,13);3*1-2H3. The van der Waals surface area contributed by atoms with Crippen molar-refractivity contribution < 1.29 is 29.3 Å². The summed E-state index contributed by atoms with van der Waals surface area (Å²) in [7, 11) is 0. The molecule has 4 aromatic rings. The van der Waals surface area contributed by atoms with Gasteiger partial charge in [0, 0.05) is 15.0 Å². The van der Waals surface area contributed by atoms with Crippen molar-refractivity contribution in [2.24, 2.45) is 0 Å². The molecule has 2 aromatic heterocycles. The molecule has 0 radical (unpaired) electrons. The van der Waals surface area contributed by atoms with Crippen molar-refractivity contribution in [3.05, 3.63) is 69.4 Å². The van der Waals surface area contributed by atoms with E-state index in [0.717, 1.165) is 32.0 Å². The van der Waals surface area contributed by atoms with Crippen molar-refractivity contribution >= 4 is 61.1 Å². The number of carbonyl (C=O) groups is 3. The van der Waals surface area contributed by atoms with E-state index in [1.54, 1.807) is 31.2 Å². The Hall–Kier alpha value is -3.07. The number of thiophene rings is 2. The molecule has 0 saturated carbocycles. The molecule has 8 heteroatoms. The lowest BCUT2D eigenvalue weighted by molar-refractivity contribution is 0.0531. The fourth-order valence-electron chi connectivity index (χ4n) is 2.70. The Morgan fingerprint density at radius 3 is 1.89 bits per heavy atom. The SMILES string of the molecule is CC.CC.CC.CCOC(=O)c1cc2ccc(CO)cc2s1.O=Cc1ccc2cc(C(=O)O)sc2c1. The third kappa shape index (κ3) is 9.53. The number of aliphatic hydroxyl groups is 1. The minimum absolute atomic E-state index is 0.0164. The van der Waals surface area contributed by atoms with Crippen LogP contribution in [0.25, 0.3) is 20.2 Å². The first-order valence-corrected chi connectivity index (χ1v) is 13.6. The molecule has 0 amide bonds. The molecule has 0 fully saturated rings. The summed E-state index contributed by atoms with van der Waals surface area (Å²) >= 11 is 2.57. The molecule has 0 atom stereocenters. The summed E-state index contributed by atoms with van der Waals surface area (Å²) in [4.78, 5) is 33.6. The maximum Gasteiger partial charge on any atom is 0.348 e. The summed E-state index contributed by atoms with van der Waals surface area (Å²) in [6.07, 6.45) is 0.750. The first-order chi connectivity index (χ1) is 17.4. The Labute approximate surface area is 221 Å². The predicted octanol–water partition coefficient (Wildman–Crippen LogP) is 8.06. The largest absolute Gasteiger partial charge is 0.477 e. The molecule has 36 heavy (non-hydrogen) atoms. The van der Waals surface area contributed by atoms with Gasteiger partial charge in [0.2, 0.25) is 0 Å². The van der Waals surface area contributed by atoms with Gasteiger partial charge in [-0.05, 0) is 47.5 Å². The maximum atomic E-state index is 11.5. The fourth-order valence-corrected chi connectivity index (χ4v) is 4.67. The average molecular weight is 533 g/mol. The van der Waals surface area contributed by atoms with E-state index in [-0.39, 0.29) is 12.6 Å². The third-order valence-corrected chi connectivity index (χ3v) is 6.30. The van der Waals surface area contributed by atoms with Gasteiger partial charge in [-0.25, -0.2) is 9.59 Å². The number of esters is 1. The van der Waals surface area contributed by atoms with Crippen molar-refractivity contribution in [3.63, 3.8) is 0 Å². The molecule has 0 aliphatic rings. The second-order valence-electron chi connectivity index (χ2n) is 6.19. The van der Waals surface area contributed by atoms with Crippen LogP contribution >= 0.6 is 22.7 Å². The third-order valence-electron chi connectivity index (χ3n) is 4.13. The highest BCUT2D eigenvalue weighted by atomic mass is 32.1. The van der Waals surface area contributed by atoms with Gasteiger partial charge in [-0.3, -0.25) is 4.79 Å². The monoisotopic (exact) mass is 532 g/mol. The summed E-state index contributed by atoms with van der Waals surface area (Å²) in [5.74, 6) is -1.21. The van der Waals surface area contributed by atoms with E-state index in [9.17, 15) is 14.4 Å². The van der Waals surface area contributed by atoms with E-state index in [1.165, 1.54) is 22.7 Å². The van der Waals surface area contributed by atoms with Gasteiger partial charge in [-0.1, -0.05) is 65.8 Å². The number of hydrogen-bond donors (Lipinski definition) is 2. The topological polar surface area (TPSA) is 101 Å². The fraction of sp³-hybridized carbons (Fsp3) is 0.321. The van der Waals surface area contributed by atoms with Crippen LogP contribution in [0.3, 0.4) is 0 Å². The van der Waals surface area contributed by atoms with Gasteiger partial charge >= 0.3 is 11.9 Å². The molecule has 0 saturated heterocycles. The van der Waals surface area contributed by atoms with Crippen molar-refractivity contribution in [3.8, 4) is 0 Å². The van der Waals surface area contributed by atoms with Crippen LogP contribution in [0, 0.1) is 0 Å². The number of benzene rings is 2. The normalized spacial score (nSPS) is 9.22. The summed E-state index contributed by atoms with van der Waals surface area (Å²) in [6, 6.07) is 14.2. The number of hydrogen-bond acceptors (Lipinski definition) is 7. The minimum atomic E-state index is -0.932. The van der Waals surface area contributed by atoms with Gasteiger partial charge in [-0.2, -0.15) is 0 Å². The molecule has 0 spiro atoms. The van der Waals surface area contributed by atoms with Crippen LogP contribution in [0.1, 0.15) is 83.7 Å². The van der Waals surface area contributed by atoms with E-state index in [2.05, 4.69) is 0 Å². The van der Waals surface area contributed by atoms with E-state index >= 15 is 0 Å². The lowest BCUT2D eigenvalue weighted by Gasteiger charge is -1.95. The van der Waals surface area contributed by atoms with E-state index < -0.39 is 5.97 Å². The Morgan fingerprint density at radius 2 is 1.36 bits per heavy atom. The zero-order valence-corrected chi connectivity index (χ0v) is 23.6. The van der Waals surface area contributed by atoms with Crippen LogP contribution in [-0.2, 0) is 11.3 Å². The van der Waals surface area contributed by atoms with Crippen LogP contribution in [0.15, 0.2) is 48.5 Å². The number of carboxylic acids is 1. The van der Waals surface area contributed by atoms with E-state index in [4.69, 9.17) is 14.9 Å².